The summed E-state index contributed by atoms with van der Waals surface area (Å²) in [5, 5.41) is 3.02. The maximum absolute atomic E-state index is 13.2. The third kappa shape index (κ3) is 3.55. The average Bonchev–Trinajstić information content (AvgIpc) is 3.03. The summed E-state index contributed by atoms with van der Waals surface area (Å²) >= 11 is 3.56. The summed E-state index contributed by atoms with van der Waals surface area (Å²) in [5.74, 6) is -1.31. The summed E-state index contributed by atoms with van der Waals surface area (Å²) in [4.78, 5) is 39.7. The molecule has 3 aromatic rings. The molecule has 0 radical (unpaired) electrons. The number of hydrogen-bond acceptors (Lipinski definition) is 3. The standard InChI is InChI=1S/C24H19BrN2O3/c1-15(27-23(29)17-11-5-6-12-18(17)24(27)30)22(28)26-21(16-9-3-2-4-10-16)19-13-7-8-14-20(19)25/h2-15,21H,1H3,(H,26,28)/t15-,21-/m0/s1. The molecule has 1 heterocycles. The number of nitrogens with zero attached hydrogens (tertiary/aromatic N) is 1. The lowest BCUT2D eigenvalue weighted by Gasteiger charge is -2.26. The first-order valence-electron chi connectivity index (χ1n) is 9.55. The Hall–Kier alpha value is -3.25. The van der Waals surface area contributed by atoms with Crippen LogP contribution in [-0.4, -0.2) is 28.7 Å². The van der Waals surface area contributed by atoms with Crippen LogP contribution in [0.25, 0.3) is 0 Å². The van der Waals surface area contributed by atoms with Gasteiger partial charge in [0.2, 0.25) is 5.91 Å². The molecule has 0 saturated carbocycles. The van der Waals surface area contributed by atoms with Crippen LogP contribution in [0.15, 0.2) is 83.3 Å². The second kappa shape index (κ2) is 8.24. The van der Waals surface area contributed by atoms with Crippen molar-refractivity contribution >= 4 is 33.7 Å². The smallest absolute Gasteiger partial charge is 0.262 e. The molecule has 1 aliphatic heterocycles. The van der Waals surface area contributed by atoms with E-state index in [2.05, 4.69) is 21.2 Å². The second-order valence-corrected chi connectivity index (χ2v) is 7.93. The van der Waals surface area contributed by atoms with Gasteiger partial charge in [-0.05, 0) is 36.2 Å². The Morgan fingerprint density at radius 3 is 1.97 bits per heavy atom. The van der Waals surface area contributed by atoms with E-state index in [0.29, 0.717) is 11.1 Å². The third-order valence-corrected chi connectivity index (χ3v) is 5.95. The summed E-state index contributed by atoms with van der Waals surface area (Å²) < 4.78 is 0.854. The van der Waals surface area contributed by atoms with Crippen LogP contribution in [0.3, 0.4) is 0 Å². The van der Waals surface area contributed by atoms with Crippen molar-refractivity contribution in [1.29, 1.82) is 0 Å². The zero-order valence-corrected chi connectivity index (χ0v) is 17.8. The molecule has 150 valence electrons. The number of rotatable bonds is 5. The highest BCUT2D eigenvalue weighted by atomic mass is 79.9. The monoisotopic (exact) mass is 462 g/mol. The van der Waals surface area contributed by atoms with E-state index in [-0.39, 0.29) is 0 Å². The first-order valence-corrected chi connectivity index (χ1v) is 10.3. The predicted octanol–water partition coefficient (Wildman–Crippen LogP) is 4.34. The van der Waals surface area contributed by atoms with E-state index >= 15 is 0 Å². The summed E-state index contributed by atoms with van der Waals surface area (Å²) in [6, 6.07) is 22.4. The molecule has 0 fully saturated rings. The highest BCUT2D eigenvalue weighted by Gasteiger charge is 2.41. The first kappa shape index (κ1) is 20.0. The number of carbonyl (C=O) groups is 3. The molecular weight excluding hydrogens is 444 g/mol. The third-order valence-electron chi connectivity index (χ3n) is 5.23. The summed E-state index contributed by atoms with van der Waals surface area (Å²) in [7, 11) is 0. The van der Waals surface area contributed by atoms with Crippen LogP contribution in [0.4, 0.5) is 0 Å². The molecule has 30 heavy (non-hydrogen) atoms. The van der Waals surface area contributed by atoms with E-state index in [1.54, 1.807) is 31.2 Å². The number of hydrogen-bond donors (Lipinski definition) is 1. The zero-order valence-electron chi connectivity index (χ0n) is 16.2. The number of imide groups is 1. The van der Waals surface area contributed by atoms with E-state index in [0.717, 1.165) is 20.5 Å². The Morgan fingerprint density at radius 1 is 0.833 bits per heavy atom. The van der Waals surface area contributed by atoms with Crippen molar-refractivity contribution in [2.75, 3.05) is 0 Å². The fourth-order valence-corrected chi connectivity index (χ4v) is 4.15. The number of halogens is 1. The fourth-order valence-electron chi connectivity index (χ4n) is 3.64. The topological polar surface area (TPSA) is 66.5 Å². The minimum absolute atomic E-state index is 0.326. The van der Waals surface area contributed by atoms with Gasteiger partial charge in [0.25, 0.3) is 11.8 Å². The van der Waals surface area contributed by atoms with E-state index in [1.807, 2.05) is 54.6 Å². The molecule has 1 N–H and O–H groups in total. The maximum Gasteiger partial charge on any atom is 0.262 e. The van der Waals surface area contributed by atoms with Gasteiger partial charge in [-0.15, -0.1) is 0 Å². The molecule has 3 amide bonds. The molecule has 0 aromatic heterocycles. The molecule has 0 spiro atoms. The normalized spacial score (nSPS) is 14.9. The molecule has 1 aliphatic rings. The van der Waals surface area contributed by atoms with Gasteiger partial charge >= 0.3 is 0 Å². The Bertz CT molecular complexity index is 1100. The molecule has 2 atom stereocenters. The highest BCUT2D eigenvalue weighted by molar-refractivity contribution is 9.10. The average molecular weight is 463 g/mol. The number of nitrogens with one attached hydrogen (secondary N) is 1. The summed E-state index contributed by atoms with van der Waals surface area (Å²) in [6.45, 7) is 1.57. The SMILES string of the molecule is C[C@@H](C(=O)N[C@@H](c1ccccc1)c1ccccc1Br)N1C(=O)c2ccccc2C1=O. The number of amides is 3. The van der Waals surface area contributed by atoms with Crippen molar-refractivity contribution < 1.29 is 14.4 Å². The molecule has 0 saturated heterocycles. The number of carbonyl (C=O) groups excluding carboxylic acids is 3. The largest absolute Gasteiger partial charge is 0.343 e. The maximum atomic E-state index is 13.2. The van der Waals surface area contributed by atoms with Gasteiger partial charge in [-0.1, -0.05) is 76.6 Å². The molecule has 0 bridgehead atoms. The minimum Gasteiger partial charge on any atom is -0.343 e. The van der Waals surface area contributed by atoms with E-state index < -0.39 is 29.8 Å². The quantitative estimate of drug-likeness (QED) is 0.573. The Labute approximate surface area is 182 Å². The fraction of sp³-hybridized carbons (Fsp3) is 0.125. The molecular formula is C24H19BrN2O3. The van der Waals surface area contributed by atoms with E-state index in [1.165, 1.54) is 0 Å². The van der Waals surface area contributed by atoms with Crippen molar-refractivity contribution in [3.05, 3.63) is 106 Å². The highest BCUT2D eigenvalue weighted by Crippen LogP contribution is 2.29. The number of benzene rings is 3. The lowest BCUT2D eigenvalue weighted by molar-refractivity contribution is -0.125. The Balaban J connectivity index is 1.63. The van der Waals surface area contributed by atoms with Crippen LogP contribution in [0.2, 0.25) is 0 Å². The minimum atomic E-state index is -0.953. The van der Waals surface area contributed by atoms with Crippen LogP contribution in [-0.2, 0) is 4.79 Å². The van der Waals surface area contributed by atoms with Crippen molar-refractivity contribution in [3.63, 3.8) is 0 Å². The van der Waals surface area contributed by atoms with Crippen LogP contribution in [0.1, 0.15) is 44.8 Å². The van der Waals surface area contributed by atoms with E-state index in [4.69, 9.17) is 0 Å². The van der Waals surface area contributed by atoms with Gasteiger partial charge in [-0.3, -0.25) is 19.3 Å². The molecule has 5 nitrogen and oxygen atoms in total. The van der Waals surface area contributed by atoms with Crippen molar-refractivity contribution in [2.24, 2.45) is 0 Å². The van der Waals surface area contributed by atoms with E-state index in [9.17, 15) is 14.4 Å². The van der Waals surface area contributed by atoms with Gasteiger partial charge in [0.15, 0.2) is 0 Å². The Morgan fingerprint density at radius 2 is 1.37 bits per heavy atom. The van der Waals surface area contributed by atoms with Crippen LogP contribution in [0, 0.1) is 0 Å². The van der Waals surface area contributed by atoms with Crippen molar-refractivity contribution in [2.45, 2.75) is 19.0 Å². The zero-order chi connectivity index (χ0) is 21.3. The van der Waals surface area contributed by atoms with Crippen LogP contribution < -0.4 is 5.32 Å². The molecule has 3 aromatic carbocycles. The predicted molar refractivity (Wildman–Crippen MR) is 117 cm³/mol. The summed E-state index contributed by atoms with van der Waals surface area (Å²) in [5.41, 5.74) is 2.43. The first-order chi connectivity index (χ1) is 14.5. The number of fused-ring (bicyclic) bond motifs is 1. The van der Waals surface area contributed by atoms with Crippen LogP contribution in [0.5, 0.6) is 0 Å². The van der Waals surface area contributed by atoms with Gasteiger partial charge in [-0.2, -0.15) is 0 Å². The van der Waals surface area contributed by atoms with Crippen molar-refractivity contribution in [1.82, 2.24) is 10.2 Å². The van der Waals surface area contributed by atoms with Gasteiger partial charge in [-0.25, -0.2) is 0 Å². The van der Waals surface area contributed by atoms with Crippen molar-refractivity contribution in [3.8, 4) is 0 Å². The lowest BCUT2D eigenvalue weighted by atomic mass is 9.98. The van der Waals surface area contributed by atoms with Gasteiger partial charge in [0, 0.05) is 4.47 Å². The van der Waals surface area contributed by atoms with Gasteiger partial charge in [0.1, 0.15) is 6.04 Å². The summed E-state index contributed by atoms with van der Waals surface area (Å²) in [6.07, 6.45) is 0. The second-order valence-electron chi connectivity index (χ2n) is 7.08. The molecule has 0 unspecified atom stereocenters. The Kier molecular flexibility index (Phi) is 5.50. The van der Waals surface area contributed by atoms with Gasteiger partial charge < -0.3 is 5.32 Å². The lowest BCUT2D eigenvalue weighted by Crippen LogP contribution is -2.48. The van der Waals surface area contributed by atoms with Gasteiger partial charge in [0.05, 0.1) is 17.2 Å². The molecule has 4 rings (SSSR count). The molecule has 6 heteroatoms. The molecule has 0 aliphatic carbocycles. The van der Waals surface area contributed by atoms with Crippen LogP contribution >= 0.6 is 15.9 Å².